The third kappa shape index (κ3) is 6.43. The van der Waals surface area contributed by atoms with Gasteiger partial charge < -0.3 is 20.6 Å². The van der Waals surface area contributed by atoms with Crippen LogP contribution in [0.2, 0.25) is 5.02 Å². The molecule has 3 amide bonds. The number of carboxylic acids is 1. The van der Waals surface area contributed by atoms with E-state index in [2.05, 4.69) is 10.6 Å². The normalized spacial score (nSPS) is 14.4. The Hall–Kier alpha value is -2.28. The van der Waals surface area contributed by atoms with E-state index in [-0.39, 0.29) is 29.9 Å². The number of amides is 3. The van der Waals surface area contributed by atoms with E-state index >= 15 is 0 Å². The molecule has 148 valence electrons. The first-order valence-electron chi connectivity index (χ1n) is 9.22. The summed E-state index contributed by atoms with van der Waals surface area (Å²) in [4.78, 5) is 36.7. The molecule has 0 atom stereocenters. The van der Waals surface area contributed by atoms with E-state index in [1.165, 1.54) is 6.42 Å². The van der Waals surface area contributed by atoms with E-state index in [0.717, 1.165) is 25.7 Å². The zero-order valence-corrected chi connectivity index (χ0v) is 16.2. The molecular weight excluding hydrogens is 370 g/mol. The molecule has 0 saturated heterocycles. The number of hydrogen-bond donors (Lipinski definition) is 3. The molecule has 7 nitrogen and oxygen atoms in total. The summed E-state index contributed by atoms with van der Waals surface area (Å²) in [6.45, 7) is 0.259. The highest BCUT2D eigenvalue weighted by Gasteiger charge is 2.24. The Labute approximate surface area is 164 Å². The van der Waals surface area contributed by atoms with Gasteiger partial charge in [-0.25, -0.2) is 4.79 Å². The number of carboxylic acid groups (broad SMARTS) is 1. The van der Waals surface area contributed by atoms with Gasteiger partial charge in [-0.05, 0) is 37.5 Å². The minimum Gasteiger partial charge on any atom is -0.481 e. The van der Waals surface area contributed by atoms with Crippen LogP contribution in [0.4, 0.5) is 10.5 Å². The lowest BCUT2D eigenvalue weighted by Gasteiger charge is -2.31. The molecule has 3 N–H and O–H groups in total. The van der Waals surface area contributed by atoms with Crippen LogP contribution < -0.4 is 10.6 Å². The Kier molecular flexibility index (Phi) is 7.91. The molecule has 8 heteroatoms. The Bertz CT molecular complexity index is 690. The number of benzene rings is 1. The smallest absolute Gasteiger partial charge is 0.319 e. The number of anilines is 1. The highest BCUT2D eigenvalue weighted by atomic mass is 35.5. The second kappa shape index (κ2) is 10.2. The molecule has 0 spiro atoms. The molecule has 0 radical (unpaired) electrons. The van der Waals surface area contributed by atoms with Crippen molar-refractivity contribution in [1.29, 1.82) is 0 Å². The maximum Gasteiger partial charge on any atom is 0.319 e. The lowest BCUT2D eigenvalue weighted by molar-refractivity contribution is -0.137. The van der Waals surface area contributed by atoms with E-state index in [1.807, 2.05) is 7.05 Å². The molecule has 1 aromatic carbocycles. The standard InChI is InChI=1S/C19H26ClN3O4/c1-23(14-6-3-2-4-7-14)18(26)15-10-9-13(12-16(15)20)22-19(27)21-11-5-8-17(24)25/h9-10,12,14H,2-8,11H2,1H3,(H,24,25)(H2,21,22,27). The summed E-state index contributed by atoms with van der Waals surface area (Å²) in [5, 5.41) is 14.0. The van der Waals surface area contributed by atoms with Gasteiger partial charge in [0, 0.05) is 31.7 Å². The average Bonchev–Trinajstić information content (AvgIpc) is 2.65. The molecule has 0 unspecified atom stereocenters. The first kappa shape index (κ1) is 21.0. The van der Waals surface area contributed by atoms with Crippen LogP contribution in [0.3, 0.4) is 0 Å². The maximum absolute atomic E-state index is 12.7. The number of hydrogen-bond acceptors (Lipinski definition) is 3. The van der Waals surface area contributed by atoms with Gasteiger partial charge >= 0.3 is 12.0 Å². The van der Waals surface area contributed by atoms with Crippen LogP contribution in [0.15, 0.2) is 18.2 Å². The fraction of sp³-hybridized carbons (Fsp3) is 0.526. The van der Waals surface area contributed by atoms with Gasteiger partial charge in [-0.1, -0.05) is 30.9 Å². The predicted octanol–water partition coefficient (Wildman–Crippen LogP) is 3.73. The number of urea groups is 1. The molecule has 2 rings (SSSR count). The summed E-state index contributed by atoms with van der Waals surface area (Å²) in [5.74, 6) is -1.01. The second-order valence-electron chi connectivity index (χ2n) is 6.78. The van der Waals surface area contributed by atoms with Crippen molar-refractivity contribution in [2.24, 2.45) is 0 Å². The zero-order valence-electron chi connectivity index (χ0n) is 15.5. The highest BCUT2D eigenvalue weighted by molar-refractivity contribution is 6.34. The Balaban J connectivity index is 1.91. The van der Waals surface area contributed by atoms with Crippen LogP contribution in [0.5, 0.6) is 0 Å². The fourth-order valence-electron chi connectivity index (χ4n) is 3.21. The minimum atomic E-state index is -0.901. The molecular formula is C19H26ClN3O4. The molecule has 0 aliphatic heterocycles. The van der Waals surface area contributed by atoms with Crippen LogP contribution >= 0.6 is 11.6 Å². The number of aliphatic carboxylic acids is 1. The summed E-state index contributed by atoms with van der Waals surface area (Å²) < 4.78 is 0. The summed E-state index contributed by atoms with van der Waals surface area (Å²) in [7, 11) is 1.81. The first-order valence-corrected chi connectivity index (χ1v) is 9.59. The molecule has 0 aromatic heterocycles. The minimum absolute atomic E-state index is 0.00255. The monoisotopic (exact) mass is 395 g/mol. The van der Waals surface area contributed by atoms with Crippen molar-refractivity contribution in [3.63, 3.8) is 0 Å². The number of halogens is 1. The lowest BCUT2D eigenvalue weighted by Crippen LogP contribution is -2.38. The maximum atomic E-state index is 12.7. The molecule has 1 fully saturated rings. The van der Waals surface area contributed by atoms with Gasteiger partial charge in [-0.3, -0.25) is 9.59 Å². The van der Waals surface area contributed by atoms with Gasteiger partial charge in [0.1, 0.15) is 0 Å². The van der Waals surface area contributed by atoms with Gasteiger partial charge in [0.05, 0.1) is 10.6 Å². The van der Waals surface area contributed by atoms with Crippen LogP contribution in [-0.2, 0) is 4.79 Å². The zero-order chi connectivity index (χ0) is 19.8. The van der Waals surface area contributed by atoms with Crippen LogP contribution in [0, 0.1) is 0 Å². The molecule has 1 saturated carbocycles. The van der Waals surface area contributed by atoms with Gasteiger partial charge in [0.15, 0.2) is 0 Å². The van der Waals surface area contributed by atoms with Crippen molar-refractivity contribution < 1.29 is 19.5 Å². The summed E-state index contributed by atoms with van der Waals surface area (Å²) in [5.41, 5.74) is 0.879. The first-order chi connectivity index (χ1) is 12.9. The molecule has 0 heterocycles. The van der Waals surface area contributed by atoms with Crippen molar-refractivity contribution in [2.75, 3.05) is 18.9 Å². The van der Waals surface area contributed by atoms with Gasteiger partial charge in [-0.2, -0.15) is 0 Å². The van der Waals surface area contributed by atoms with Crippen LogP contribution in [0.1, 0.15) is 55.3 Å². The Morgan fingerprint density at radius 3 is 2.56 bits per heavy atom. The Morgan fingerprint density at radius 2 is 1.93 bits per heavy atom. The Morgan fingerprint density at radius 1 is 1.22 bits per heavy atom. The second-order valence-corrected chi connectivity index (χ2v) is 7.19. The number of nitrogens with zero attached hydrogens (tertiary/aromatic N) is 1. The van der Waals surface area contributed by atoms with Crippen LogP contribution in [0.25, 0.3) is 0 Å². The van der Waals surface area contributed by atoms with Gasteiger partial charge in [0.2, 0.25) is 0 Å². The van der Waals surface area contributed by atoms with E-state index in [4.69, 9.17) is 16.7 Å². The number of carbonyl (C=O) groups is 3. The molecule has 1 aliphatic carbocycles. The van der Waals surface area contributed by atoms with Crippen LogP contribution in [-0.4, -0.2) is 47.5 Å². The molecule has 27 heavy (non-hydrogen) atoms. The number of nitrogens with one attached hydrogen (secondary N) is 2. The quantitative estimate of drug-likeness (QED) is 0.612. The average molecular weight is 396 g/mol. The number of rotatable bonds is 7. The summed E-state index contributed by atoms with van der Waals surface area (Å²) >= 11 is 6.27. The third-order valence-corrected chi connectivity index (χ3v) is 5.07. The largest absolute Gasteiger partial charge is 0.481 e. The van der Waals surface area contributed by atoms with E-state index in [9.17, 15) is 14.4 Å². The van der Waals surface area contributed by atoms with E-state index in [1.54, 1.807) is 23.1 Å². The van der Waals surface area contributed by atoms with Gasteiger partial charge in [0.25, 0.3) is 5.91 Å². The van der Waals surface area contributed by atoms with Crippen molar-refractivity contribution in [1.82, 2.24) is 10.2 Å². The topological polar surface area (TPSA) is 98.7 Å². The third-order valence-electron chi connectivity index (χ3n) is 4.75. The SMILES string of the molecule is CN(C(=O)c1ccc(NC(=O)NCCCC(=O)O)cc1Cl)C1CCCCC1. The lowest BCUT2D eigenvalue weighted by atomic mass is 9.94. The fourth-order valence-corrected chi connectivity index (χ4v) is 3.47. The highest BCUT2D eigenvalue weighted by Crippen LogP contribution is 2.26. The van der Waals surface area contributed by atoms with Gasteiger partial charge in [-0.15, -0.1) is 0 Å². The number of carbonyl (C=O) groups excluding carboxylic acids is 2. The van der Waals surface area contributed by atoms with Crippen molar-refractivity contribution in [3.05, 3.63) is 28.8 Å². The van der Waals surface area contributed by atoms with E-state index < -0.39 is 12.0 Å². The predicted molar refractivity (Wildman–Crippen MR) is 104 cm³/mol. The van der Waals surface area contributed by atoms with Crippen molar-refractivity contribution in [2.45, 2.75) is 51.0 Å². The van der Waals surface area contributed by atoms with Crippen molar-refractivity contribution in [3.8, 4) is 0 Å². The summed E-state index contributed by atoms with van der Waals surface area (Å²) in [6, 6.07) is 4.58. The molecule has 1 aliphatic rings. The summed E-state index contributed by atoms with van der Waals surface area (Å²) in [6.07, 6.45) is 5.88. The molecule has 1 aromatic rings. The van der Waals surface area contributed by atoms with Crippen molar-refractivity contribution >= 4 is 35.2 Å². The van der Waals surface area contributed by atoms with E-state index in [0.29, 0.717) is 17.7 Å². The molecule has 0 bridgehead atoms.